The van der Waals surface area contributed by atoms with Crippen LogP contribution in [0.4, 0.5) is 10.1 Å². The zero-order chi connectivity index (χ0) is 15.2. The highest BCUT2D eigenvalue weighted by Crippen LogP contribution is 2.14. The van der Waals surface area contributed by atoms with E-state index in [1.165, 1.54) is 6.07 Å². The average molecular weight is 286 g/mol. The van der Waals surface area contributed by atoms with Crippen LogP contribution in [0.5, 0.6) is 0 Å². The molecule has 0 atom stereocenters. The lowest BCUT2D eigenvalue weighted by Crippen LogP contribution is -2.14. The molecule has 0 saturated heterocycles. The molecule has 0 radical (unpaired) electrons. The van der Waals surface area contributed by atoms with Gasteiger partial charge in [-0.25, -0.2) is 4.39 Å². The number of hydrogen-bond acceptors (Lipinski definition) is 2. The van der Waals surface area contributed by atoms with Crippen molar-refractivity contribution in [3.63, 3.8) is 0 Å². The Hall–Kier alpha value is -2.20. The van der Waals surface area contributed by atoms with E-state index in [0.717, 1.165) is 18.7 Å². The lowest BCUT2D eigenvalue weighted by Gasteiger charge is -2.08. The van der Waals surface area contributed by atoms with Crippen molar-refractivity contribution in [2.75, 3.05) is 11.9 Å². The molecule has 2 N–H and O–H groups in total. The molecule has 2 aromatic carbocycles. The fraction of sp³-hybridized carbons (Fsp3) is 0.235. The predicted molar refractivity (Wildman–Crippen MR) is 82.9 cm³/mol. The van der Waals surface area contributed by atoms with E-state index >= 15 is 0 Å². The molecule has 2 rings (SSSR count). The van der Waals surface area contributed by atoms with Crippen LogP contribution in [0.2, 0.25) is 0 Å². The normalized spacial score (nSPS) is 10.4. The van der Waals surface area contributed by atoms with E-state index in [0.29, 0.717) is 16.8 Å². The van der Waals surface area contributed by atoms with Crippen molar-refractivity contribution < 1.29 is 9.18 Å². The maximum absolute atomic E-state index is 13.5. The van der Waals surface area contributed by atoms with Gasteiger partial charge in [-0.05, 0) is 48.9 Å². The summed E-state index contributed by atoms with van der Waals surface area (Å²) >= 11 is 0. The second-order valence-electron chi connectivity index (χ2n) is 4.90. The molecule has 0 unspecified atom stereocenters. The first kappa shape index (κ1) is 15.2. The summed E-state index contributed by atoms with van der Waals surface area (Å²) in [5.74, 6) is -0.682. The topological polar surface area (TPSA) is 41.1 Å². The molecule has 1 amide bonds. The molecular weight excluding hydrogens is 267 g/mol. The summed E-state index contributed by atoms with van der Waals surface area (Å²) in [6.07, 6.45) is 0. The highest BCUT2D eigenvalue weighted by Gasteiger charge is 2.08. The van der Waals surface area contributed by atoms with Gasteiger partial charge in [0.2, 0.25) is 0 Å². The van der Waals surface area contributed by atoms with Crippen LogP contribution in [0.25, 0.3) is 0 Å². The number of benzene rings is 2. The molecule has 0 heterocycles. The molecule has 0 saturated carbocycles. The Morgan fingerprint density at radius 2 is 2.00 bits per heavy atom. The van der Waals surface area contributed by atoms with E-state index in [1.807, 2.05) is 31.2 Å². The maximum Gasteiger partial charge on any atom is 0.255 e. The van der Waals surface area contributed by atoms with Crippen LogP contribution in [-0.4, -0.2) is 12.5 Å². The van der Waals surface area contributed by atoms with Crippen molar-refractivity contribution >= 4 is 11.6 Å². The van der Waals surface area contributed by atoms with Crippen LogP contribution < -0.4 is 10.6 Å². The monoisotopic (exact) mass is 286 g/mol. The highest BCUT2D eigenvalue weighted by molar-refractivity contribution is 6.04. The third kappa shape index (κ3) is 4.13. The number of anilines is 1. The van der Waals surface area contributed by atoms with E-state index in [-0.39, 0.29) is 11.7 Å². The fourth-order valence-electron chi connectivity index (χ4n) is 1.97. The first-order chi connectivity index (χ1) is 10.1. The summed E-state index contributed by atoms with van der Waals surface area (Å²) < 4.78 is 13.5. The van der Waals surface area contributed by atoms with E-state index in [1.54, 1.807) is 19.1 Å². The van der Waals surface area contributed by atoms with Crippen LogP contribution in [0.1, 0.15) is 28.4 Å². The number of amides is 1. The number of carbonyl (C=O) groups excluding carboxylic acids is 1. The molecule has 110 valence electrons. The molecule has 21 heavy (non-hydrogen) atoms. The van der Waals surface area contributed by atoms with Gasteiger partial charge in [0, 0.05) is 17.8 Å². The number of carbonyl (C=O) groups is 1. The van der Waals surface area contributed by atoms with E-state index < -0.39 is 0 Å². The lowest BCUT2D eigenvalue weighted by molar-refractivity contribution is 0.102. The first-order valence-electron chi connectivity index (χ1n) is 6.97. The minimum Gasteiger partial charge on any atom is -0.322 e. The van der Waals surface area contributed by atoms with Crippen molar-refractivity contribution in [3.8, 4) is 0 Å². The van der Waals surface area contributed by atoms with Gasteiger partial charge in [0.1, 0.15) is 5.82 Å². The van der Waals surface area contributed by atoms with Crippen molar-refractivity contribution in [1.29, 1.82) is 0 Å². The molecule has 2 aromatic rings. The van der Waals surface area contributed by atoms with Crippen LogP contribution in [0.3, 0.4) is 0 Å². The molecule has 0 fully saturated rings. The van der Waals surface area contributed by atoms with Gasteiger partial charge in [0.25, 0.3) is 5.91 Å². The summed E-state index contributed by atoms with van der Waals surface area (Å²) in [5, 5.41) is 6.02. The lowest BCUT2D eigenvalue weighted by atomic mass is 10.1. The molecular formula is C17H19FN2O. The third-order valence-electron chi connectivity index (χ3n) is 3.20. The minimum absolute atomic E-state index is 0.311. The van der Waals surface area contributed by atoms with Crippen LogP contribution in [-0.2, 0) is 6.54 Å². The van der Waals surface area contributed by atoms with Crippen LogP contribution in [0.15, 0.2) is 42.5 Å². The molecule has 0 aromatic heterocycles. The predicted octanol–water partition coefficient (Wildman–Crippen LogP) is 3.50. The molecule has 0 aliphatic carbocycles. The van der Waals surface area contributed by atoms with E-state index in [4.69, 9.17) is 0 Å². The number of nitrogens with one attached hydrogen (secondary N) is 2. The van der Waals surface area contributed by atoms with Crippen molar-refractivity contribution in [1.82, 2.24) is 5.32 Å². The van der Waals surface area contributed by atoms with Gasteiger partial charge < -0.3 is 10.6 Å². The molecule has 0 aliphatic rings. The largest absolute Gasteiger partial charge is 0.322 e. The zero-order valence-electron chi connectivity index (χ0n) is 12.2. The molecule has 3 nitrogen and oxygen atoms in total. The number of hydrogen-bond donors (Lipinski definition) is 2. The maximum atomic E-state index is 13.5. The Bertz CT molecular complexity index is 640. The molecule has 0 aliphatic heterocycles. The smallest absolute Gasteiger partial charge is 0.255 e. The van der Waals surface area contributed by atoms with Crippen molar-refractivity contribution in [3.05, 3.63) is 65.0 Å². The van der Waals surface area contributed by atoms with Gasteiger partial charge in [0.05, 0.1) is 0 Å². The summed E-state index contributed by atoms with van der Waals surface area (Å²) in [6, 6.07) is 12.1. The standard InChI is InChI=1S/C17H19FN2O/c1-3-19-11-13-5-4-6-15(9-13)20-17(21)14-8-7-12(2)16(18)10-14/h4-10,19H,3,11H2,1-2H3,(H,20,21). The average Bonchev–Trinajstić information content (AvgIpc) is 2.48. The van der Waals surface area contributed by atoms with Gasteiger partial charge in [0.15, 0.2) is 0 Å². The van der Waals surface area contributed by atoms with Gasteiger partial charge in [-0.1, -0.05) is 25.1 Å². The SMILES string of the molecule is CCNCc1cccc(NC(=O)c2ccc(C)c(F)c2)c1. The Morgan fingerprint density at radius 1 is 1.19 bits per heavy atom. The van der Waals surface area contributed by atoms with Crippen LogP contribution >= 0.6 is 0 Å². The Kier molecular flexibility index (Phi) is 5.06. The zero-order valence-corrected chi connectivity index (χ0v) is 12.2. The second-order valence-corrected chi connectivity index (χ2v) is 4.90. The Labute approximate surface area is 124 Å². The van der Waals surface area contributed by atoms with E-state index in [2.05, 4.69) is 10.6 Å². The summed E-state index contributed by atoms with van der Waals surface area (Å²) in [4.78, 5) is 12.1. The first-order valence-corrected chi connectivity index (χ1v) is 6.97. The summed E-state index contributed by atoms with van der Waals surface area (Å²) in [6.45, 7) is 5.34. The van der Waals surface area contributed by atoms with Gasteiger partial charge in [-0.15, -0.1) is 0 Å². The summed E-state index contributed by atoms with van der Waals surface area (Å²) in [7, 11) is 0. The molecule has 0 bridgehead atoms. The van der Waals surface area contributed by atoms with Crippen LogP contribution in [0, 0.1) is 12.7 Å². The van der Waals surface area contributed by atoms with E-state index in [9.17, 15) is 9.18 Å². The molecule has 0 spiro atoms. The fourth-order valence-corrected chi connectivity index (χ4v) is 1.97. The number of rotatable bonds is 5. The Morgan fingerprint density at radius 3 is 2.71 bits per heavy atom. The van der Waals surface area contributed by atoms with Crippen molar-refractivity contribution in [2.45, 2.75) is 20.4 Å². The minimum atomic E-state index is -0.372. The molecule has 4 heteroatoms. The van der Waals surface area contributed by atoms with Crippen molar-refractivity contribution in [2.24, 2.45) is 0 Å². The second kappa shape index (κ2) is 6.99. The highest BCUT2D eigenvalue weighted by atomic mass is 19.1. The quantitative estimate of drug-likeness (QED) is 0.883. The summed E-state index contributed by atoms with van der Waals surface area (Å²) in [5.41, 5.74) is 2.63. The van der Waals surface area contributed by atoms with Gasteiger partial charge in [-0.3, -0.25) is 4.79 Å². The number of aryl methyl sites for hydroxylation is 1. The third-order valence-corrected chi connectivity index (χ3v) is 3.20. The van der Waals surface area contributed by atoms with Gasteiger partial charge >= 0.3 is 0 Å². The Balaban J connectivity index is 2.10. The number of halogens is 1. The van der Waals surface area contributed by atoms with Gasteiger partial charge in [-0.2, -0.15) is 0 Å².